The molecule has 0 aromatic rings. The maximum Gasteiger partial charge on any atom is 0.285 e. The fraction of sp³-hybridized carbons (Fsp3) is 0.905. The van der Waals surface area contributed by atoms with Crippen molar-refractivity contribution in [3.63, 3.8) is 0 Å². The largest absolute Gasteiger partial charge is 0.502 e. The minimum absolute atomic E-state index is 0.218. The second kappa shape index (κ2) is 15.7. The standard InChI is InChI=1S/C21H42O4/c1-7-9-10-11-14-19(3)18-20(21(22-4,23-5)24-6)15-12-13-17-25-16-8-2/h8,16,19-20H,7,9-15,17-18H2,1-6H3. The maximum atomic E-state index is 5.65. The summed E-state index contributed by atoms with van der Waals surface area (Å²) >= 11 is 0. The average Bonchev–Trinajstić information content (AvgIpc) is 2.63. The fourth-order valence-electron chi connectivity index (χ4n) is 3.45. The molecule has 0 bridgehead atoms. The second-order valence-corrected chi connectivity index (χ2v) is 6.94. The Bertz CT molecular complexity index is 305. The van der Waals surface area contributed by atoms with Crippen molar-refractivity contribution in [3.05, 3.63) is 12.3 Å². The Hall–Kier alpha value is -0.580. The van der Waals surface area contributed by atoms with E-state index in [0.29, 0.717) is 5.92 Å². The van der Waals surface area contributed by atoms with Gasteiger partial charge < -0.3 is 18.9 Å². The summed E-state index contributed by atoms with van der Waals surface area (Å²) in [6, 6.07) is 0. The van der Waals surface area contributed by atoms with Crippen LogP contribution < -0.4 is 0 Å². The summed E-state index contributed by atoms with van der Waals surface area (Å²) in [5.41, 5.74) is 0. The molecule has 0 radical (unpaired) electrons. The molecule has 0 aromatic heterocycles. The van der Waals surface area contributed by atoms with Crippen LogP contribution in [0.2, 0.25) is 0 Å². The Morgan fingerprint density at radius 3 is 2.08 bits per heavy atom. The maximum absolute atomic E-state index is 5.65. The SMILES string of the molecule is CC=COCCCCC(CC(C)CCCCCC)C(OC)(OC)OC. The van der Waals surface area contributed by atoms with E-state index in [-0.39, 0.29) is 5.92 Å². The molecule has 4 heteroatoms. The lowest BCUT2D eigenvalue weighted by Gasteiger charge is -2.37. The van der Waals surface area contributed by atoms with Crippen LogP contribution in [0.3, 0.4) is 0 Å². The molecule has 4 nitrogen and oxygen atoms in total. The van der Waals surface area contributed by atoms with Gasteiger partial charge in [0.15, 0.2) is 0 Å². The van der Waals surface area contributed by atoms with E-state index in [1.165, 1.54) is 32.1 Å². The molecule has 2 unspecified atom stereocenters. The second-order valence-electron chi connectivity index (χ2n) is 6.94. The van der Waals surface area contributed by atoms with Crippen molar-refractivity contribution < 1.29 is 18.9 Å². The zero-order chi connectivity index (χ0) is 19.0. The summed E-state index contributed by atoms with van der Waals surface area (Å²) in [7, 11) is 5.00. The van der Waals surface area contributed by atoms with Gasteiger partial charge in [-0.3, -0.25) is 0 Å². The van der Waals surface area contributed by atoms with Crippen LogP contribution in [0.5, 0.6) is 0 Å². The molecule has 0 saturated heterocycles. The molecule has 0 N–H and O–H groups in total. The van der Waals surface area contributed by atoms with E-state index in [1.54, 1.807) is 27.6 Å². The molecular weight excluding hydrogens is 316 g/mol. The summed E-state index contributed by atoms with van der Waals surface area (Å²) in [5, 5.41) is 0. The number of rotatable bonds is 17. The lowest BCUT2D eigenvalue weighted by Crippen LogP contribution is -2.44. The molecule has 0 aliphatic heterocycles. The van der Waals surface area contributed by atoms with Crippen LogP contribution in [-0.4, -0.2) is 33.9 Å². The van der Waals surface area contributed by atoms with Gasteiger partial charge in [0.2, 0.25) is 0 Å². The van der Waals surface area contributed by atoms with Crippen molar-refractivity contribution in [3.8, 4) is 0 Å². The zero-order valence-corrected chi connectivity index (χ0v) is 17.5. The summed E-state index contributed by atoms with van der Waals surface area (Å²) in [6.07, 6.45) is 14.3. The first-order chi connectivity index (χ1) is 12.1. The number of methoxy groups -OCH3 is 3. The highest BCUT2D eigenvalue weighted by molar-refractivity contribution is 4.74. The van der Waals surface area contributed by atoms with Crippen LogP contribution in [0.4, 0.5) is 0 Å². The third-order valence-corrected chi connectivity index (χ3v) is 4.89. The number of hydrogen-bond donors (Lipinski definition) is 0. The number of hydrogen-bond acceptors (Lipinski definition) is 4. The minimum Gasteiger partial charge on any atom is -0.502 e. The van der Waals surface area contributed by atoms with Gasteiger partial charge in [0.25, 0.3) is 5.97 Å². The van der Waals surface area contributed by atoms with Crippen LogP contribution in [0.1, 0.15) is 78.6 Å². The lowest BCUT2D eigenvalue weighted by atomic mass is 9.86. The first-order valence-corrected chi connectivity index (χ1v) is 9.98. The van der Waals surface area contributed by atoms with Crippen molar-refractivity contribution in [2.45, 2.75) is 84.5 Å². The van der Waals surface area contributed by atoms with Crippen LogP contribution in [0, 0.1) is 11.8 Å². The van der Waals surface area contributed by atoms with Gasteiger partial charge >= 0.3 is 0 Å². The first-order valence-electron chi connectivity index (χ1n) is 9.98. The highest BCUT2D eigenvalue weighted by atomic mass is 16.9. The van der Waals surface area contributed by atoms with Gasteiger partial charge in [-0.15, -0.1) is 0 Å². The molecule has 0 aliphatic carbocycles. The predicted octanol–water partition coefficient (Wildman–Crippen LogP) is 5.91. The number of unbranched alkanes of at least 4 members (excludes halogenated alkanes) is 4. The molecular formula is C21H42O4. The van der Waals surface area contributed by atoms with Gasteiger partial charge in [0.1, 0.15) is 0 Å². The molecule has 25 heavy (non-hydrogen) atoms. The van der Waals surface area contributed by atoms with E-state index in [9.17, 15) is 0 Å². The van der Waals surface area contributed by atoms with Gasteiger partial charge in [-0.25, -0.2) is 0 Å². The van der Waals surface area contributed by atoms with Gasteiger partial charge in [0, 0.05) is 27.2 Å². The number of ether oxygens (including phenoxy) is 4. The molecule has 0 saturated carbocycles. The van der Waals surface area contributed by atoms with E-state index >= 15 is 0 Å². The zero-order valence-electron chi connectivity index (χ0n) is 17.5. The fourth-order valence-corrected chi connectivity index (χ4v) is 3.45. The lowest BCUT2D eigenvalue weighted by molar-refractivity contribution is -0.381. The van der Waals surface area contributed by atoms with Crippen LogP contribution in [0.15, 0.2) is 12.3 Å². The molecule has 0 aromatic carbocycles. The monoisotopic (exact) mass is 358 g/mol. The van der Waals surface area contributed by atoms with E-state index in [4.69, 9.17) is 18.9 Å². The van der Waals surface area contributed by atoms with Crippen molar-refractivity contribution in [2.75, 3.05) is 27.9 Å². The Labute approximate surface area is 156 Å². The van der Waals surface area contributed by atoms with E-state index in [1.807, 2.05) is 13.0 Å². The third-order valence-electron chi connectivity index (χ3n) is 4.89. The van der Waals surface area contributed by atoms with Crippen molar-refractivity contribution >= 4 is 0 Å². The summed E-state index contributed by atoms with van der Waals surface area (Å²) in [5.74, 6) is -0.0849. The van der Waals surface area contributed by atoms with Crippen molar-refractivity contribution in [1.29, 1.82) is 0 Å². The smallest absolute Gasteiger partial charge is 0.285 e. The Morgan fingerprint density at radius 2 is 1.52 bits per heavy atom. The molecule has 2 atom stereocenters. The molecule has 0 amide bonds. The summed E-state index contributed by atoms with van der Waals surface area (Å²) in [6.45, 7) is 7.30. The first kappa shape index (κ1) is 24.4. The van der Waals surface area contributed by atoms with Gasteiger partial charge in [-0.1, -0.05) is 52.0 Å². The molecule has 0 rings (SSSR count). The van der Waals surface area contributed by atoms with Crippen LogP contribution >= 0.6 is 0 Å². The molecule has 0 heterocycles. The van der Waals surface area contributed by atoms with Gasteiger partial charge in [-0.2, -0.15) is 0 Å². The van der Waals surface area contributed by atoms with E-state index in [0.717, 1.165) is 32.3 Å². The highest BCUT2D eigenvalue weighted by Crippen LogP contribution is 2.34. The van der Waals surface area contributed by atoms with E-state index in [2.05, 4.69) is 13.8 Å². The topological polar surface area (TPSA) is 36.9 Å². The molecule has 0 spiro atoms. The Balaban J connectivity index is 4.56. The predicted molar refractivity (Wildman–Crippen MR) is 104 cm³/mol. The molecule has 0 fully saturated rings. The third kappa shape index (κ3) is 10.2. The van der Waals surface area contributed by atoms with Gasteiger partial charge in [-0.05, 0) is 38.5 Å². The van der Waals surface area contributed by atoms with E-state index < -0.39 is 5.97 Å². The normalized spacial score (nSPS) is 14.8. The summed E-state index contributed by atoms with van der Waals surface area (Å²) < 4.78 is 22.4. The Morgan fingerprint density at radius 1 is 0.880 bits per heavy atom. The average molecular weight is 359 g/mol. The molecule has 150 valence electrons. The summed E-state index contributed by atoms with van der Waals surface area (Å²) in [4.78, 5) is 0. The van der Waals surface area contributed by atoms with Gasteiger partial charge in [0.05, 0.1) is 12.9 Å². The highest BCUT2D eigenvalue weighted by Gasteiger charge is 2.40. The molecule has 0 aliphatic rings. The van der Waals surface area contributed by atoms with Crippen molar-refractivity contribution in [2.24, 2.45) is 11.8 Å². The Kier molecular flexibility index (Phi) is 15.3. The van der Waals surface area contributed by atoms with Crippen molar-refractivity contribution in [1.82, 2.24) is 0 Å². The van der Waals surface area contributed by atoms with Crippen LogP contribution in [-0.2, 0) is 18.9 Å². The van der Waals surface area contributed by atoms with Crippen LogP contribution in [0.25, 0.3) is 0 Å². The minimum atomic E-state index is -0.943. The quantitative estimate of drug-likeness (QED) is 0.184. The number of allylic oxidation sites excluding steroid dienone is 1.